The maximum absolute atomic E-state index is 12.8. The second-order valence-corrected chi connectivity index (χ2v) is 8.49. The predicted octanol–water partition coefficient (Wildman–Crippen LogP) is 1.93. The SMILES string of the molecule is NC(=O)OC12CC3CC(C1)C(N1C[C@@H]4CCCN4C1=O)C(C3)C2. The molecule has 0 aromatic heterocycles. The second kappa shape index (κ2) is 4.54. The molecule has 0 aromatic carbocycles. The van der Waals surface area contributed by atoms with Crippen LogP contribution in [0.5, 0.6) is 0 Å². The van der Waals surface area contributed by atoms with Crippen LogP contribution in [0.4, 0.5) is 9.59 Å². The molecule has 2 saturated heterocycles. The van der Waals surface area contributed by atoms with Crippen LogP contribution in [0.2, 0.25) is 0 Å². The lowest BCUT2D eigenvalue weighted by molar-refractivity contribution is -0.152. The highest BCUT2D eigenvalue weighted by Gasteiger charge is 2.60. The van der Waals surface area contributed by atoms with E-state index in [1.807, 2.05) is 0 Å². The Labute approximate surface area is 136 Å². The van der Waals surface area contributed by atoms with Gasteiger partial charge in [-0.3, -0.25) is 0 Å². The molecule has 3 atom stereocenters. The molecule has 0 aromatic rings. The number of rotatable bonds is 2. The third-order valence-corrected chi connectivity index (χ3v) is 7.12. The molecular weight excluding hydrogens is 294 g/mol. The first-order valence-corrected chi connectivity index (χ1v) is 9.10. The number of amides is 3. The summed E-state index contributed by atoms with van der Waals surface area (Å²) in [5.74, 6) is 1.59. The maximum atomic E-state index is 12.8. The smallest absolute Gasteiger partial charge is 0.405 e. The van der Waals surface area contributed by atoms with Gasteiger partial charge in [-0.25, -0.2) is 9.59 Å². The first-order chi connectivity index (χ1) is 11.0. The van der Waals surface area contributed by atoms with Crippen molar-refractivity contribution in [2.24, 2.45) is 23.5 Å². The van der Waals surface area contributed by atoms with Crippen molar-refractivity contribution in [1.82, 2.24) is 9.80 Å². The highest BCUT2D eigenvalue weighted by molar-refractivity contribution is 5.78. The number of hydrogen-bond acceptors (Lipinski definition) is 3. The van der Waals surface area contributed by atoms with E-state index in [1.165, 1.54) is 12.8 Å². The van der Waals surface area contributed by atoms with E-state index in [4.69, 9.17) is 10.5 Å². The largest absolute Gasteiger partial charge is 0.443 e. The molecule has 4 bridgehead atoms. The van der Waals surface area contributed by atoms with Gasteiger partial charge in [0.05, 0.1) is 6.04 Å². The molecule has 2 N–H and O–H groups in total. The van der Waals surface area contributed by atoms with Gasteiger partial charge in [0.25, 0.3) is 0 Å². The van der Waals surface area contributed by atoms with Crippen molar-refractivity contribution in [3.8, 4) is 0 Å². The maximum Gasteiger partial charge on any atom is 0.405 e. The number of nitrogens with zero attached hydrogens (tertiary/aromatic N) is 2. The van der Waals surface area contributed by atoms with Crippen LogP contribution in [0.3, 0.4) is 0 Å². The third kappa shape index (κ3) is 1.93. The van der Waals surface area contributed by atoms with Crippen molar-refractivity contribution in [3.63, 3.8) is 0 Å². The molecular formula is C17H25N3O3. The zero-order valence-electron chi connectivity index (χ0n) is 13.4. The minimum atomic E-state index is -0.638. The van der Waals surface area contributed by atoms with E-state index in [0.29, 0.717) is 29.8 Å². The van der Waals surface area contributed by atoms with Crippen molar-refractivity contribution < 1.29 is 14.3 Å². The highest BCUT2D eigenvalue weighted by atomic mass is 16.6. The summed E-state index contributed by atoms with van der Waals surface area (Å²) in [7, 11) is 0. The van der Waals surface area contributed by atoms with E-state index < -0.39 is 6.09 Å². The van der Waals surface area contributed by atoms with Crippen LogP contribution in [0.1, 0.15) is 44.9 Å². The molecule has 126 valence electrons. The molecule has 6 nitrogen and oxygen atoms in total. The number of primary amides is 1. The molecule has 4 saturated carbocycles. The van der Waals surface area contributed by atoms with Crippen LogP contribution in [0.15, 0.2) is 0 Å². The molecule has 0 radical (unpaired) electrons. The molecule has 0 spiro atoms. The average Bonchev–Trinajstić information content (AvgIpc) is 3.01. The Balaban J connectivity index is 1.40. The van der Waals surface area contributed by atoms with Crippen molar-refractivity contribution in [3.05, 3.63) is 0 Å². The summed E-state index contributed by atoms with van der Waals surface area (Å²) in [5.41, 5.74) is 4.99. The van der Waals surface area contributed by atoms with Crippen LogP contribution in [-0.4, -0.2) is 52.7 Å². The van der Waals surface area contributed by atoms with Gasteiger partial charge in [0, 0.05) is 19.1 Å². The monoisotopic (exact) mass is 319 g/mol. The van der Waals surface area contributed by atoms with Crippen molar-refractivity contribution in [2.75, 3.05) is 13.1 Å². The van der Waals surface area contributed by atoms with Crippen molar-refractivity contribution >= 4 is 12.1 Å². The number of fused-ring (bicyclic) bond motifs is 1. The molecule has 6 rings (SSSR count). The van der Waals surface area contributed by atoms with Crippen molar-refractivity contribution in [1.29, 1.82) is 0 Å². The number of nitrogens with two attached hydrogens (primary N) is 1. The minimum Gasteiger partial charge on any atom is -0.443 e. The Morgan fingerprint density at radius 2 is 1.91 bits per heavy atom. The Kier molecular flexibility index (Phi) is 2.75. The van der Waals surface area contributed by atoms with Gasteiger partial charge in [0.2, 0.25) is 0 Å². The van der Waals surface area contributed by atoms with E-state index in [1.54, 1.807) is 0 Å². The lowest BCUT2D eigenvalue weighted by Crippen LogP contribution is -2.63. The Bertz CT molecular complexity index is 549. The Hall–Kier alpha value is -1.46. The van der Waals surface area contributed by atoms with Gasteiger partial charge in [-0.1, -0.05) is 0 Å². The molecule has 2 unspecified atom stereocenters. The van der Waals surface area contributed by atoms with Crippen LogP contribution in [0.25, 0.3) is 0 Å². The summed E-state index contributed by atoms with van der Waals surface area (Å²) in [4.78, 5) is 28.4. The number of urea groups is 1. The van der Waals surface area contributed by atoms with Gasteiger partial charge in [-0.2, -0.15) is 0 Å². The summed E-state index contributed by atoms with van der Waals surface area (Å²) < 4.78 is 5.59. The zero-order valence-corrected chi connectivity index (χ0v) is 13.4. The van der Waals surface area contributed by atoms with E-state index in [2.05, 4.69) is 9.80 Å². The van der Waals surface area contributed by atoms with Crippen LogP contribution in [0, 0.1) is 17.8 Å². The lowest BCUT2D eigenvalue weighted by atomic mass is 9.52. The van der Waals surface area contributed by atoms with Crippen LogP contribution >= 0.6 is 0 Å². The minimum absolute atomic E-state index is 0.259. The highest BCUT2D eigenvalue weighted by Crippen LogP contribution is 2.58. The van der Waals surface area contributed by atoms with E-state index in [9.17, 15) is 9.59 Å². The van der Waals surface area contributed by atoms with Gasteiger partial charge in [-0.15, -0.1) is 0 Å². The summed E-state index contributed by atoms with van der Waals surface area (Å²) in [6, 6.07) is 1.06. The van der Waals surface area contributed by atoms with Crippen LogP contribution < -0.4 is 5.73 Å². The van der Waals surface area contributed by atoms with E-state index in [-0.39, 0.29) is 11.6 Å². The summed E-state index contributed by atoms with van der Waals surface area (Å²) in [6.45, 7) is 1.84. The Morgan fingerprint density at radius 3 is 2.57 bits per heavy atom. The second-order valence-electron chi connectivity index (χ2n) is 8.49. The molecule has 2 heterocycles. The van der Waals surface area contributed by atoms with Gasteiger partial charge in [-0.05, 0) is 62.7 Å². The predicted molar refractivity (Wildman–Crippen MR) is 82.6 cm³/mol. The van der Waals surface area contributed by atoms with Crippen molar-refractivity contribution in [2.45, 2.75) is 62.6 Å². The molecule has 2 aliphatic heterocycles. The van der Waals surface area contributed by atoms with Crippen LogP contribution in [-0.2, 0) is 4.74 Å². The molecule has 3 amide bonds. The number of carbonyl (C=O) groups is 2. The Morgan fingerprint density at radius 1 is 1.17 bits per heavy atom. The third-order valence-electron chi connectivity index (χ3n) is 7.12. The molecule has 23 heavy (non-hydrogen) atoms. The first-order valence-electron chi connectivity index (χ1n) is 9.10. The topological polar surface area (TPSA) is 75.9 Å². The standard InChI is InChI=1S/C17H25N3O3/c18-15(21)23-17-6-10-4-11(7-17)14(12(5-10)8-17)20-9-13-2-1-3-19(13)16(20)22/h10-14H,1-9H2,(H2,18,21)/t10?,11?,12?,13-,14?,17?/m0/s1. The molecule has 4 aliphatic carbocycles. The van der Waals surface area contributed by atoms with Gasteiger partial charge in [0.15, 0.2) is 0 Å². The average molecular weight is 319 g/mol. The fourth-order valence-electron chi connectivity index (χ4n) is 6.77. The number of hydrogen-bond donors (Lipinski definition) is 1. The summed E-state index contributed by atoms with van der Waals surface area (Å²) in [6.07, 6.45) is 6.78. The quantitative estimate of drug-likeness (QED) is 0.845. The summed E-state index contributed by atoms with van der Waals surface area (Å²) >= 11 is 0. The zero-order chi connectivity index (χ0) is 15.8. The lowest BCUT2D eigenvalue weighted by Gasteiger charge is -2.60. The van der Waals surface area contributed by atoms with Gasteiger partial charge >= 0.3 is 12.1 Å². The number of ether oxygens (including phenoxy) is 1. The fraction of sp³-hybridized carbons (Fsp3) is 0.882. The summed E-state index contributed by atoms with van der Waals surface area (Å²) in [5, 5.41) is 0. The molecule has 6 heteroatoms. The van der Waals surface area contributed by atoms with Gasteiger partial charge < -0.3 is 20.3 Å². The number of carbonyl (C=O) groups excluding carboxylic acids is 2. The normalized spacial score (nSPS) is 47.3. The van der Waals surface area contributed by atoms with E-state index >= 15 is 0 Å². The van der Waals surface area contributed by atoms with Gasteiger partial charge in [0.1, 0.15) is 5.60 Å². The first kappa shape index (κ1) is 13.9. The molecule has 6 fully saturated rings. The fourth-order valence-corrected chi connectivity index (χ4v) is 6.77. The van der Waals surface area contributed by atoms with E-state index in [0.717, 1.165) is 45.2 Å². The molecule has 6 aliphatic rings.